The molecule has 10 heteroatoms. The molecule has 1 amide bonds. The minimum absolute atomic E-state index is 0.115. The summed E-state index contributed by atoms with van der Waals surface area (Å²) in [6, 6.07) is 6.88. The number of benzene rings is 1. The molecule has 170 valence electrons. The number of aryl methyl sites for hydroxylation is 1. The number of carbonyl (C=O) groups excluding carboxylic acids is 1. The predicted octanol–water partition coefficient (Wildman–Crippen LogP) is 3.94. The van der Waals surface area contributed by atoms with Gasteiger partial charge in [-0.3, -0.25) is 9.36 Å². The van der Waals surface area contributed by atoms with Crippen LogP contribution in [0, 0.1) is 6.92 Å². The van der Waals surface area contributed by atoms with Gasteiger partial charge in [0.05, 0.1) is 17.5 Å². The van der Waals surface area contributed by atoms with Crippen LogP contribution in [0.1, 0.15) is 12.2 Å². The lowest BCUT2D eigenvalue weighted by atomic mass is 10.1. The molecule has 1 saturated heterocycles. The predicted molar refractivity (Wildman–Crippen MR) is 126 cm³/mol. The van der Waals surface area contributed by atoms with E-state index in [1.54, 1.807) is 0 Å². The fourth-order valence-electron chi connectivity index (χ4n) is 3.08. The first-order valence-corrected chi connectivity index (χ1v) is 14.8. The van der Waals surface area contributed by atoms with Crippen LogP contribution in [0.4, 0.5) is 11.4 Å². The maximum Gasteiger partial charge on any atom is 0.239 e. The Kier molecular flexibility index (Phi) is 8.10. The summed E-state index contributed by atoms with van der Waals surface area (Å²) in [5, 5.41) is 14.8. The molecule has 2 N–H and O–H groups in total. The molecule has 3 rings (SSSR count). The zero-order valence-electron chi connectivity index (χ0n) is 18.7. The van der Waals surface area contributed by atoms with Crippen LogP contribution in [0.15, 0.2) is 18.2 Å². The SMILES string of the molecule is Cc1nnc(-c2ccc(NC[C@@H]3CCO3)c(NC(=O)CCl)c2)n1COCC[Si](C)(C)C. The number of carbonyl (C=O) groups is 1. The first-order chi connectivity index (χ1) is 14.8. The number of rotatable bonds is 11. The van der Waals surface area contributed by atoms with Crippen LogP contribution < -0.4 is 10.6 Å². The summed E-state index contributed by atoms with van der Waals surface area (Å²) in [6.07, 6.45) is 1.24. The maximum atomic E-state index is 12.0. The summed E-state index contributed by atoms with van der Waals surface area (Å²) in [5.41, 5.74) is 2.30. The van der Waals surface area contributed by atoms with Gasteiger partial charge in [0, 0.05) is 33.4 Å². The normalized spacial score (nSPS) is 16.1. The molecule has 1 aromatic carbocycles. The lowest BCUT2D eigenvalue weighted by Crippen LogP contribution is -2.33. The highest BCUT2D eigenvalue weighted by atomic mass is 35.5. The summed E-state index contributed by atoms with van der Waals surface area (Å²) in [7, 11) is -1.15. The smallest absolute Gasteiger partial charge is 0.239 e. The van der Waals surface area contributed by atoms with E-state index in [-0.39, 0.29) is 17.9 Å². The lowest BCUT2D eigenvalue weighted by molar-refractivity contribution is -0.113. The molecular formula is C21H32ClN5O3Si. The van der Waals surface area contributed by atoms with Crippen LogP contribution in [-0.4, -0.2) is 60.5 Å². The van der Waals surface area contributed by atoms with Crippen molar-refractivity contribution in [2.24, 2.45) is 0 Å². The second kappa shape index (κ2) is 10.6. The highest BCUT2D eigenvalue weighted by Crippen LogP contribution is 2.29. The van der Waals surface area contributed by atoms with Crippen molar-refractivity contribution in [1.82, 2.24) is 14.8 Å². The molecular weight excluding hydrogens is 434 g/mol. The summed E-state index contributed by atoms with van der Waals surface area (Å²) in [5.74, 6) is 1.09. The average molecular weight is 466 g/mol. The zero-order valence-corrected chi connectivity index (χ0v) is 20.5. The molecule has 0 spiro atoms. The van der Waals surface area contributed by atoms with Gasteiger partial charge in [-0.25, -0.2) is 0 Å². The number of amides is 1. The molecule has 1 fully saturated rings. The number of aromatic nitrogens is 3. The largest absolute Gasteiger partial charge is 0.381 e. The van der Waals surface area contributed by atoms with Crippen molar-refractivity contribution >= 4 is 37.0 Å². The summed E-state index contributed by atoms with van der Waals surface area (Å²) in [4.78, 5) is 12.0. The van der Waals surface area contributed by atoms with Gasteiger partial charge in [0.25, 0.3) is 0 Å². The summed E-state index contributed by atoms with van der Waals surface area (Å²) in [6.45, 7) is 11.5. The van der Waals surface area contributed by atoms with Crippen molar-refractivity contribution in [2.45, 2.75) is 51.9 Å². The number of alkyl halides is 1. The number of anilines is 2. The van der Waals surface area contributed by atoms with Gasteiger partial charge >= 0.3 is 0 Å². The molecule has 0 radical (unpaired) electrons. The molecule has 2 aromatic rings. The Bertz CT molecular complexity index is 896. The topological polar surface area (TPSA) is 90.3 Å². The van der Waals surface area contributed by atoms with E-state index in [9.17, 15) is 4.79 Å². The van der Waals surface area contributed by atoms with Crippen LogP contribution in [-0.2, 0) is 21.0 Å². The lowest BCUT2D eigenvalue weighted by Gasteiger charge is -2.27. The van der Waals surface area contributed by atoms with E-state index in [2.05, 4.69) is 40.5 Å². The number of halogens is 1. The van der Waals surface area contributed by atoms with Gasteiger partial charge in [-0.05, 0) is 37.6 Å². The second-order valence-electron chi connectivity index (χ2n) is 8.95. The minimum atomic E-state index is -1.15. The highest BCUT2D eigenvalue weighted by Gasteiger charge is 2.19. The monoisotopic (exact) mass is 465 g/mol. The van der Waals surface area contributed by atoms with E-state index in [4.69, 9.17) is 21.1 Å². The molecule has 31 heavy (non-hydrogen) atoms. The number of nitrogens with zero attached hydrogens (tertiary/aromatic N) is 3. The van der Waals surface area contributed by atoms with Gasteiger partial charge in [-0.1, -0.05) is 19.6 Å². The molecule has 1 atom stereocenters. The molecule has 1 aromatic heterocycles. The second-order valence-corrected chi connectivity index (χ2v) is 14.8. The average Bonchev–Trinajstić information content (AvgIpc) is 3.04. The van der Waals surface area contributed by atoms with Gasteiger partial charge in [0.1, 0.15) is 18.4 Å². The van der Waals surface area contributed by atoms with Crippen molar-refractivity contribution < 1.29 is 14.3 Å². The Labute approximate surface area is 189 Å². The molecule has 0 aliphatic carbocycles. The van der Waals surface area contributed by atoms with Gasteiger partial charge in [-0.2, -0.15) is 0 Å². The molecule has 1 aliphatic heterocycles. The molecule has 2 heterocycles. The standard InChI is InChI=1S/C21H32ClN5O3Si/c1-15-25-26-21(27(15)14-29-9-10-31(2,3)4)16-5-6-18(23-13-17-7-8-30-17)19(11-16)24-20(28)12-22/h5-6,11,17,23H,7-10,12-14H2,1-4H3,(H,24,28)/t17-/m0/s1. The Morgan fingerprint density at radius 3 is 2.74 bits per heavy atom. The fraction of sp³-hybridized carbons (Fsp3) is 0.571. The van der Waals surface area contributed by atoms with E-state index in [0.29, 0.717) is 24.8 Å². The van der Waals surface area contributed by atoms with Crippen molar-refractivity contribution in [3.05, 3.63) is 24.0 Å². The Hall–Kier alpha value is -1.94. The third-order valence-electron chi connectivity index (χ3n) is 5.14. The van der Waals surface area contributed by atoms with E-state index >= 15 is 0 Å². The van der Waals surface area contributed by atoms with Crippen LogP contribution in [0.5, 0.6) is 0 Å². The van der Waals surface area contributed by atoms with Crippen molar-refractivity contribution in [1.29, 1.82) is 0 Å². The van der Waals surface area contributed by atoms with Crippen molar-refractivity contribution in [3.63, 3.8) is 0 Å². The van der Waals surface area contributed by atoms with Gasteiger partial charge in [0.2, 0.25) is 5.91 Å². The van der Waals surface area contributed by atoms with Crippen molar-refractivity contribution in [2.75, 3.05) is 36.3 Å². The molecule has 0 unspecified atom stereocenters. The van der Waals surface area contributed by atoms with Crippen LogP contribution >= 0.6 is 11.6 Å². The Morgan fingerprint density at radius 2 is 2.10 bits per heavy atom. The first-order valence-electron chi connectivity index (χ1n) is 10.6. The van der Waals surface area contributed by atoms with Crippen molar-refractivity contribution in [3.8, 4) is 11.4 Å². The van der Waals surface area contributed by atoms with E-state index in [1.165, 1.54) is 0 Å². The van der Waals surface area contributed by atoms with Crippen LogP contribution in [0.25, 0.3) is 11.4 Å². The van der Waals surface area contributed by atoms with E-state index in [1.807, 2.05) is 29.7 Å². The number of hydrogen-bond donors (Lipinski definition) is 2. The molecule has 0 bridgehead atoms. The Balaban J connectivity index is 1.78. The molecule has 8 nitrogen and oxygen atoms in total. The van der Waals surface area contributed by atoms with Gasteiger partial charge in [-0.15, -0.1) is 21.8 Å². The van der Waals surface area contributed by atoms with Gasteiger partial charge in [0.15, 0.2) is 5.82 Å². The van der Waals surface area contributed by atoms with E-state index < -0.39 is 8.07 Å². The summed E-state index contributed by atoms with van der Waals surface area (Å²) < 4.78 is 13.3. The highest BCUT2D eigenvalue weighted by molar-refractivity contribution is 6.76. The molecule has 1 aliphatic rings. The minimum Gasteiger partial charge on any atom is -0.381 e. The third-order valence-corrected chi connectivity index (χ3v) is 7.09. The first kappa shape index (κ1) is 23.7. The van der Waals surface area contributed by atoms with Gasteiger partial charge < -0.3 is 20.1 Å². The summed E-state index contributed by atoms with van der Waals surface area (Å²) >= 11 is 5.71. The fourth-order valence-corrected chi connectivity index (χ4v) is 3.90. The van der Waals surface area contributed by atoms with Crippen LogP contribution in [0.3, 0.4) is 0 Å². The zero-order chi connectivity index (χ0) is 22.4. The third kappa shape index (κ3) is 6.77. The Morgan fingerprint density at radius 1 is 1.32 bits per heavy atom. The molecule has 0 saturated carbocycles. The quantitative estimate of drug-likeness (QED) is 0.296. The van der Waals surface area contributed by atoms with E-state index in [0.717, 1.165) is 42.8 Å². The number of nitrogens with one attached hydrogen (secondary N) is 2. The number of ether oxygens (including phenoxy) is 2. The maximum absolute atomic E-state index is 12.0. The van der Waals surface area contributed by atoms with Crippen LogP contribution in [0.2, 0.25) is 25.7 Å². The number of hydrogen-bond acceptors (Lipinski definition) is 6.